The van der Waals surface area contributed by atoms with Gasteiger partial charge in [0.05, 0.1) is 47.6 Å². The molecule has 0 spiro atoms. The van der Waals surface area contributed by atoms with Gasteiger partial charge in [0.25, 0.3) is 0 Å². The van der Waals surface area contributed by atoms with E-state index in [9.17, 15) is 28.0 Å². The molecular formula is C39H52N5O8PS. The summed E-state index contributed by atoms with van der Waals surface area (Å²) in [6.45, 7) is 5.61. The molecule has 1 fully saturated rings. The number of amides is 4. The molecule has 54 heavy (non-hydrogen) atoms. The van der Waals surface area contributed by atoms with Crippen molar-refractivity contribution < 1.29 is 37.0 Å². The largest absolute Gasteiger partial charge is 0.370 e. The van der Waals surface area contributed by atoms with Gasteiger partial charge in [-0.2, -0.15) is 0 Å². The SMILES string of the molecule is CC(C)(C)S(=O)N[C@@H](CC(=O)NC1(C(=O)N[C@@H](CC(N)=O)C(N)=O)CCCCC1)c1ccc(CP(=O)(OCc2ccccc2)OCc2ccccc2)cc1. The van der Waals surface area contributed by atoms with Crippen molar-refractivity contribution in [1.29, 1.82) is 0 Å². The molecule has 13 nitrogen and oxygen atoms in total. The van der Waals surface area contributed by atoms with Crippen LogP contribution in [0.2, 0.25) is 0 Å². The van der Waals surface area contributed by atoms with Gasteiger partial charge < -0.3 is 31.1 Å². The fourth-order valence-corrected chi connectivity index (χ4v) is 8.46. The van der Waals surface area contributed by atoms with Crippen LogP contribution >= 0.6 is 7.60 Å². The van der Waals surface area contributed by atoms with Gasteiger partial charge in [-0.1, -0.05) is 104 Å². The molecule has 0 radical (unpaired) electrons. The van der Waals surface area contributed by atoms with E-state index >= 15 is 0 Å². The summed E-state index contributed by atoms with van der Waals surface area (Å²) in [6.07, 6.45) is 2.10. The maximum absolute atomic E-state index is 14.1. The van der Waals surface area contributed by atoms with Crippen molar-refractivity contribution >= 4 is 42.2 Å². The molecule has 1 aliphatic carbocycles. The van der Waals surface area contributed by atoms with Gasteiger partial charge in [0.2, 0.25) is 23.6 Å². The second-order valence-corrected chi connectivity index (χ2v) is 18.6. The Morgan fingerprint density at radius 3 is 1.81 bits per heavy atom. The summed E-state index contributed by atoms with van der Waals surface area (Å²) >= 11 is 0. The van der Waals surface area contributed by atoms with Gasteiger partial charge in [0.15, 0.2) is 0 Å². The lowest BCUT2D eigenvalue weighted by atomic mass is 9.80. The minimum Gasteiger partial charge on any atom is -0.370 e. The van der Waals surface area contributed by atoms with E-state index in [2.05, 4.69) is 15.4 Å². The zero-order valence-corrected chi connectivity index (χ0v) is 32.8. The summed E-state index contributed by atoms with van der Waals surface area (Å²) in [5.41, 5.74) is 12.3. The maximum atomic E-state index is 14.1. The molecule has 3 aromatic carbocycles. The Balaban J connectivity index is 1.54. The molecular weight excluding hydrogens is 729 g/mol. The monoisotopic (exact) mass is 781 g/mol. The van der Waals surface area contributed by atoms with Crippen molar-refractivity contribution in [3.05, 3.63) is 107 Å². The number of benzene rings is 3. The molecule has 1 saturated carbocycles. The Kier molecular flexibility index (Phi) is 15.3. The van der Waals surface area contributed by atoms with E-state index in [1.165, 1.54) is 0 Å². The average Bonchev–Trinajstić information content (AvgIpc) is 3.13. The summed E-state index contributed by atoms with van der Waals surface area (Å²) in [4.78, 5) is 51.0. The first kappa shape index (κ1) is 42.5. The molecule has 4 amide bonds. The zero-order valence-electron chi connectivity index (χ0n) is 31.1. The molecule has 15 heteroatoms. The third-order valence-corrected chi connectivity index (χ3v) is 12.5. The van der Waals surface area contributed by atoms with Crippen molar-refractivity contribution in [2.45, 2.75) is 107 Å². The minimum atomic E-state index is -3.66. The van der Waals surface area contributed by atoms with Crippen molar-refractivity contribution in [2.24, 2.45) is 11.5 Å². The Morgan fingerprint density at radius 2 is 1.33 bits per heavy atom. The molecule has 0 bridgehead atoms. The van der Waals surface area contributed by atoms with Gasteiger partial charge in [-0.3, -0.25) is 23.7 Å². The number of carbonyl (C=O) groups is 4. The number of carbonyl (C=O) groups excluding carboxylic acids is 4. The highest BCUT2D eigenvalue weighted by atomic mass is 32.2. The Bertz CT molecular complexity index is 1750. The van der Waals surface area contributed by atoms with Crippen molar-refractivity contribution in [1.82, 2.24) is 15.4 Å². The normalized spacial score (nSPS) is 16.1. The average molecular weight is 782 g/mol. The molecule has 1 unspecified atom stereocenters. The van der Waals surface area contributed by atoms with Crippen LogP contribution in [0.5, 0.6) is 0 Å². The molecule has 292 valence electrons. The number of primary amides is 2. The summed E-state index contributed by atoms with van der Waals surface area (Å²) in [5.74, 6) is -2.84. The van der Waals surface area contributed by atoms with Crippen LogP contribution in [0.3, 0.4) is 0 Å². The first-order chi connectivity index (χ1) is 25.6. The topological polar surface area (TPSA) is 209 Å². The summed E-state index contributed by atoms with van der Waals surface area (Å²) in [7, 11) is -5.24. The van der Waals surface area contributed by atoms with Gasteiger partial charge in [-0.15, -0.1) is 0 Å². The lowest BCUT2D eigenvalue weighted by molar-refractivity contribution is -0.137. The first-order valence-electron chi connectivity index (χ1n) is 18.0. The number of nitrogens with two attached hydrogens (primary N) is 2. The van der Waals surface area contributed by atoms with Gasteiger partial charge in [-0.25, -0.2) is 8.93 Å². The van der Waals surface area contributed by atoms with E-state index in [4.69, 9.17) is 20.5 Å². The second kappa shape index (κ2) is 19.4. The summed E-state index contributed by atoms with van der Waals surface area (Å²) in [6, 6.07) is 23.8. The quantitative estimate of drug-likeness (QED) is 0.105. The Hall–Kier alpha value is -4.20. The highest BCUT2D eigenvalue weighted by molar-refractivity contribution is 7.84. The molecule has 0 aliphatic heterocycles. The zero-order chi connectivity index (χ0) is 39.4. The van der Waals surface area contributed by atoms with Crippen molar-refractivity contribution in [3.63, 3.8) is 0 Å². The standard InChI is InChI=1S/C39H52N5O8PS/c1-38(2,3)54(50)44-32(24-35(46)43-39(21-11-6-12-22-39)37(48)42-33(36(41)47)23-34(40)45)31-19-17-30(18-20-31)27-53(49,51-25-28-13-7-4-8-14-28)52-26-29-15-9-5-10-16-29/h4-5,7-10,13-20,32-33,44H,6,11-12,21-27H2,1-3H3,(H2,40,45)(H2,41,47)(H,42,48)(H,43,46)/t32-,33-,54?/m0/s1. The van der Waals surface area contributed by atoms with Crippen LogP contribution in [0.25, 0.3) is 0 Å². The van der Waals surface area contributed by atoms with Crippen LogP contribution in [-0.2, 0) is 63.2 Å². The second-order valence-electron chi connectivity index (χ2n) is 14.6. The lowest BCUT2D eigenvalue weighted by Gasteiger charge is -2.38. The highest BCUT2D eigenvalue weighted by Crippen LogP contribution is 2.53. The number of nitrogens with one attached hydrogen (secondary N) is 3. The minimum absolute atomic E-state index is 0.0147. The fourth-order valence-electron chi connectivity index (χ4n) is 6.02. The van der Waals surface area contributed by atoms with Crippen LogP contribution in [-0.4, -0.2) is 44.2 Å². The van der Waals surface area contributed by atoms with E-state index in [1.54, 1.807) is 45.0 Å². The molecule has 0 aromatic heterocycles. The third-order valence-electron chi connectivity index (χ3n) is 9.07. The molecule has 3 aromatic rings. The molecule has 4 rings (SSSR count). The van der Waals surface area contributed by atoms with Crippen LogP contribution in [0.1, 0.15) is 94.0 Å². The van der Waals surface area contributed by atoms with E-state index in [-0.39, 0.29) is 25.8 Å². The molecule has 7 N–H and O–H groups in total. The van der Waals surface area contributed by atoms with E-state index in [0.717, 1.165) is 17.5 Å². The van der Waals surface area contributed by atoms with Gasteiger partial charge in [-0.05, 0) is 55.9 Å². The maximum Gasteiger partial charge on any atom is 0.335 e. The lowest BCUT2D eigenvalue weighted by Crippen LogP contribution is -2.62. The molecule has 0 saturated heterocycles. The van der Waals surface area contributed by atoms with Crippen LogP contribution in [0.15, 0.2) is 84.9 Å². The predicted octanol–water partition coefficient (Wildman–Crippen LogP) is 4.96. The fraction of sp³-hybridized carbons (Fsp3) is 0.436. The molecule has 0 heterocycles. The van der Waals surface area contributed by atoms with Gasteiger partial charge in [0, 0.05) is 6.42 Å². The Morgan fingerprint density at radius 1 is 0.796 bits per heavy atom. The molecule has 3 atom stereocenters. The van der Waals surface area contributed by atoms with E-state index in [0.29, 0.717) is 36.8 Å². The van der Waals surface area contributed by atoms with Crippen LogP contribution in [0, 0.1) is 0 Å². The smallest absolute Gasteiger partial charge is 0.335 e. The number of rotatable bonds is 19. The van der Waals surface area contributed by atoms with E-state index < -0.39 is 71.0 Å². The predicted molar refractivity (Wildman–Crippen MR) is 207 cm³/mol. The third kappa shape index (κ3) is 13.0. The van der Waals surface area contributed by atoms with E-state index in [1.807, 2.05) is 60.7 Å². The Labute approximate surface area is 319 Å². The van der Waals surface area contributed by atoms with Crippen molar-refractivity contribution in [2.75, 3.05) is 0 Å². The van der Waals surface area contributed by atoms with Gasteiger partial charge in [0.1, 0.15) is 11.6 Å². The summed E-state index contributed by atoms with van der Waals surface area (Å²) in [5, 5.41) is 5.44. The highest BCUT2D eigenvalue weighted by Gasteiger charge is 2.42. The van der Waals surface area contributed by atoms with Gasteiger partial charge >= 0.3 is 7.60 Å². The van der Waals surface area contributed by atoms with Crippen LogP contribution < -0.4 is 26.8 Å². The van der Waals surface area contributed by atoms with Crippen LogP contribution in [0.4, 0.5) is 0 Å². The first-order valence-corrected chi connectivity index (χ1v) is 20.9. The van der Waals surface area contributed by atoms with Crippen molar-refractivity contribution in [3.8, 4) is 0 Å². The summed E-state index contributed by atoms with van der Waals surface area (Å²) < 4.78 is 41.9. The molecule has 1 aliphatic rings. The number of hydrogen-bond donors (Lipinski definition) is 5. The number of hydrogen-bond acceptors (Lipinski definition) is 8.